The van der Waals surface area contributed by atoms with Gasteiger partial charge in [-0.2, -0.15) is 13.2 Å². The van der Waals surface area contributed by atoms with Crippen LogP contribution >= 0.6 is 0 Å². The van der Waals surface area contributed by atoms with Crippen LogP contribution in [-0.2, 0) is 4.79 Å². The van der Waals surface area contributed by atoms with Gasteiger partial charge in [0.05, 0.1) is 5.54 Å². The Morgan fingerprint density at radius 1 is 1.33 bits per heavy atom. The Balaban J connectivity index is 1.99. The molecule has 1 aliphatic carbocycles. The average molecular weight is 302 g/mol. The molecular weight excluding hydrogens is 285 g/mol. The van der Waals surface area contributed by atoms with Crippen LogP contribution in [0.15, 0.2) is 24.3 Å². The summed E-state index contributed by atoms with van der Waals surface area (Å²) in [5.41, 5.74) is 5.50. The molecule has 0 radical (unpaired) electrons. The third-order valence-electron chi connectivity index (χ3n) is 3.44. The Bertz CT molecular complexity index is 511. The highest BCUT2D eigenvalue weighted by Crippen LogP contribution is 2.29. The number of amides is 1. The van der Waals surface area contributed by atoms with Crippen molar-refractivity contribution in [2.45, 2.75) is 37.4 Å². The van der Waals surface area contributed by atoms with Crippen LogP contribution in [0.4, 0.5) is 18.9 Å². The molecule has 0 aliphatic heterocycles. The monoisotopic (exact) mass is 302 g/mol. The van der Waals surface area contributed by atoms with Gasteiger partial charge >= 0.3 is 6.18 Å². The third-order valence-corrected chi connectivity index (χ3v) is 3.44. The molecule has 1 aromatic rings. The number of nitrogens with two attached hydrogens (primary N) is 1. The zero-order valence-corrected chi connectivity index (χ0v) is 11.4. The van der Waals surface area contributed by atoms with Crippen molar-refractivity contribution in [1.82, 2.24) is 0 Å². The van der Waals surface area contributed by atoms with Gasteiger partial charge in [0.25, 0.3) is 0 Å². The predicted octanol–water partition coefficient (Wildman–Crippen LogP) is 2.84. The van der Waals surface area contributed by atoms with Gasteiger partial charge in [0.15, 0.2) is 6.61 Å². The summed E-state index contributed by atoms with van der Waals surface area (Å²) >= 11 is 0. The lowest BCUT2D eigenvalue weighted by Gasteiger charge is -2.22. The maximum atomic E-state index is 12.1. The number of halogens is 3. The van der Waals surface area contributed by atoms with Gasteiger partial charge in [-0.05, 0) is 25.0 Å². The van der Waals surface area contributed by atoms with E-state index in [1.54, 1.807) is 6.07 Å². The molecule has 7 heteroatoms. The number of benzene rings is 1. The van der Waals surface area contributed by atoms with Crippen molar-refractivity contribution >= 4 is 11.6 Å². The van der Waals surface area contributed by atoms with E-state index in [-0.39, 0.29) is 11.7 Å². The second kappa shape index (κ2) is 5.93. The van der Waals surface area contributed by atoms with Crippen molar-refractivity contribution in [3.63, 3.8) is 0 Å². The van der Waals surface area contributed by atoms with Gasteiger partial charge in [0, 0.05) is 11.8 Å². The summed E-state index contributed by atoms with van der Waals surface area (Å²) in [6.45, 7) is -1.37. The highest BCUT2D eigenvalue weighted by Gasteiger charge is 2.37. The Morgan fingerprint density at radius 3 is 2.62 bits per heavy atom. The molecule has 3 N–H and O–H groups in total. The minimum Gasteiger partial charge on any atom is -0.484 e. The second-order valence-corrected chi connectivity index (χ2v) is 5.25. The molecule has 1 aliphatic rings. The molecule has 1 aromatic carbocycles. The standard InChI is InChI=1S/C14H17F3N2O2/c15-14(16,17)9-21-11-5-3-4-10(8-11)19-12(20)13(18)6-1-2-7-13/h3-5,8H,1-2,6-7,9,18H2,(H,19,20). The molecule has 1 saturated carbocycles. The van der Waals surface area contributed by atoms with E-state index >= 15 is 0 Å². The average Bonchev–Trinajstić information content (AvgIpc) is 2.84. The summed E-state index contributed by atoms with van der Waals surface area (Å²) < 4.78 is 40.9. The quantitative estimate of drug-likeness (QED) is 0.899. The summed E-state index contributed by atoms with van der Waals surface area (Å²) in [5.74, 6) is -0.268. The van der Waals surface area contributed by atoms with E-state index in [1.807, 2.05) is 0 Å². The summed E-state index contributed by atoms with van der Waals surface area (Å²) in [5, 5.41) is 2.64. The van der Waals surface area contributed by atoms with Crippen LogP contribution < -0.4 is 15.8 Å². The molecule has 0 spiro atoms. The molecule has 2 rings (SSSR count). The van der Waals surface area contributed by atoms with Crippen LogP contribution in [-0.4, -0.2) is 24.2 Å². The van der Waals surface area contributed by atoms with E-state index in [1.165, 1.54) is 18.2 Å². The lowest BCUT2D eigenvalue weighted by molar-refractivity contribution is -0.153. The van der Waals surface area contributed by atoms with E-state index in [0.717, 1.165) is 12.8 Å². The highest BCUT2D eigenvalue weighted by molar-refractivity contribution is 5.98. The second-order valence-electron chi connectivity index (χ2n) is 5.25. The van der Waals surface area contributed by atoms with Crippen LogP contribution in [0.1, 0.15) is 25.7 Å². The van der Waals surface area contributed by atoms with Crippen LogP contribution in [0.2, 0.25) is 0 Å². The maximum absolute atomic E-state index is 12.1. The van der Waals surface area contributed by atoms with Gasteiger partial charge in [0.2, 0.25) is 5.91 Å². The number of nitrogens with one attached hydrogen (secondary N) is 1. The van der Waals surface area contributed by atoms with Crippen LogP contribution in [0.5, 0.6) is 5.75 Å². The largest absolute Gasteiger partial charge is 0.484 e. The molecule has 0 saturated heterocycles. The molecule has 0 heterocycles. The fourth-order valence-electron chi connectivity index (χ4n) is 2.32. The Morgan fingerprint density at radius 2 is 2.00 bits per heavy atom. The van der Waals surface area contributed by atoms with E-state index in [0.29, 0.717) is 18.5 Å². The zero-order valence-electron chi connectivity index (χ0n) is 11.4. The first kappa shape index (κ1) is 15.6. The molecule has 1 amide bonds. The topological polar surface area (TPSA) is 64.4 Å². The first-order valence-electron chi connectivity index (χ1n) is 6.68. The molecule has 0 aromatic heterocycles. The summed E-state index contributed by atoms with van der Waals surface area (Å²) in [7, 11) is 0. The van der Waals surface area contributed by atoms with Crippen molar-refractivity contribution < 1.29 is 22.7 Å². The number of alkyl halides is 3. The fraction of sp³-hybridized carbons (Fsp3) is 0.500. The van der Waals surface area contributed by atoms with Crippen molar-refractivity contribution in [2.75, 3.05) is 11.9 Å². The molecular formula is C14H17F3N2O2. The van der Waals surface area contributed by atoms with Gasteiger partial charge in [-0.15, -0.1) is 0 Å². The van der Waals surface area contributed by atoms with Gasteiger partial charge < -0.3 is 15.8 Å². The maximum Gasteiger partial charge on any atom is 0.422 e. The van der Waals surface area contributed by atoms with E-state index in [2.05, 4.69) is 10.1 Å². The zero-order chi connectivity index (χ0) is 15.5. The van der Waals surface area contributed by atoms with Crippen LogP contribution in [0.3, 0.4) is 0 Å². The van der Waals surface area contributed by atoms with E-state index < -0.39 is 18.3 Å². The summed E-state index contributed by atoms with van der Waals surface area (Å²) in [4.78, 5) is 12.1. The number of rotatable bonds is 4. The Kier molecular flexibility index (Phi) is 4.41. The van der Waals surface area contributed by atoms with E-state index in [9.17, 15) is 18.0 Å². The molecule has 116 valence electrons. The molecule has 0 atom stereocenters. The lowest BCUT2D eigenvalue weighted by atomic mass is 9.98. The van der Waals surface area contributed by atoms with Crippen molar-refractivity contribution in [1.29, 1.82) is 0 Å². The minimum atomic E-state index is -4.40. The number of hydrogen-bond acceptors (Lipinski definition) is 3. The first-order chi connectivity index (χ1) is 9.78. The number of carbonyl (C=O) groups is 1. The Hall–Kier alpha value is -1.76. The highest BCUT2D eigenvalue weighted by atomic mass is 19.4. The SMILES string of the molecule is NC1(C(=O)Nc2cccc(OCC(F)(F)F)c2)CCCC1. The van der Waals surface area contributed by atoms with Crippen molar-refractivity contribution in [3.05, 3.63) is 24.3 Å². The normalized spacial score (nSPS) is 17.5. The number of ether oxygens (including phenoxy) is 1. The van der Waals surface area contributed by atoms with E-state index in [4.69, 9.17) is 5.73 Å². The lowest BCUT2D eigenvalue weighted by Crippen LogP contribution is -2.48. The van der Waals surface area contributed by atoms with Crippen LogP contribution in [0, 0.1) is 0 Å². The minimum absolute atomic E-state index is 0.0441. The van der Waals surface area contributed by atoms with Crippen molar-refractivity contribution in [2.24, 2.45) is 5.73 Å². The molecule has 21 heavy (non-hydrogen) atoms. The molecule has 1 fully saturated rings. The predicted molar refractivity (Wildman–Crippen MR) is 72.0 cm³/mol. The van der Waals surface area contributed by atoms with Gasteiger partial charge in [-0.25, -0.2) is 0 Å². The van der Waals surface area contributed by atoms with Crippen molar-refractivity contribution in [3.8, 4) is 5.75 Å². The van der Waals surface area contributed by atoms with Crippen LogP contribution in [0.25, 0.3) is 0 Å². The number of hydrogen-bond donors (Lipinski definition) is 2. The molecule has 0 unspecified atom stereocenters. The van der Waals surface area contributed by atoms with Gasteiger partial charge in [0.1, 0.15) is 5.75 Å². The first-order valence-corrected chi connectivity index (χ1v) is 6.68. The fourth-order valence-corrected chi connectivity index (χ4v) is 2.32. The molecule has 0 bridgehead atoms. The smallest absolute Gasteiger partial charge is 0.422 e. The number of carbonyl (C=O) groups excluding carboxylic acids is 1. The van der Waals surface area contributed by atoms with Gasteiger partial charge in [-0.3, -0.25) is 4.79 Å². The summed E-state index contributed by atoms with van der Waals surface area (Å²) in [6.07, 6.45) is -1.37. The number of anilines is 1. The molecule has 4 nitrogen and oxygen atoms in total. The summed E-state index contributed by atoms with van der Waals surface area (Å²) in [6, 6.07) is 5.84. The Labute approximate surface area is 120 Å². The third kappa shape index (κ3) is 4.35. The van der Waals surface area contributed by atoms with Gasteiger partial charge in [-0.1, -0.05) is 18.9 Å².